The molecular formula is C24H43NO2Sn. The Morgan fingerprint density at radius 2 is 1.39 bits per heavy atom. The van der Waals surface area contributed by atoms with Crippen LogP contribution < -0.4 is 10.1 Å². The minimum absolute atomic E-state index is 0.0897. The van der Waals surface area contributed by atoms with Gasteiger partial charge in [0.2, 0.25) is 0 Å². The van der Waals surface area contributed by atoms with Crippen LogP contribution in [0.2, 0.25) is 13.3 Å². The van der Waals surface area contributed by atoms with Gasteiger partial charge in [-0.3, -0.25) is 0 Å². The number of carbonyl (C=O) groups excluding carboxylic acids is 1. The fourth-order valence-electron chi connectivity index (χ4n) is 4.42. The summed E-state index contributed by atoms with van der Waals surface area (Å²) < 4.78 is 9.89. The second-order valence-corrected chi connectivity index (χ2v) is 22.4. The molecule has 0 fully saturated rings. The molecule has 0 aliphatic heterocycles. The van der Waals surface area contributed by atoms with E-state index in [2.05, 4.69) is 39.9 Å². The van der Waals surface area contributed by atoms with E-state index in [1.54, 1.807) is 7.11 Å². The summed E-state index contributed by atoms with van der Waals surface area (Å²) in [6, 6.07) is 7.52. The fourth-order valence-corrected chi connectivity index (χ4v) is 23.6. The summed E-state index contributed by atoms with van der Waals surface area (Å²) >= 11 is -2.55. The number of unbranched alkanes of at least 4 members (excludes halogenated alkanes) is 3. The Morgan fingerprint density at radius 1 is 0.929 bits per heavy atom. The molecule has 1 aromatic rings. The Morgan fingerprint density at radius 3 is 1.75 bits per heavy atom. The van der Waals surface area contributed by atoms with Crippen LogP contribution in [0.1, 0.15) is 83.5 Å². The van der Waals surface area contributed by atoms with E-state index in [-0.39, 0.29) is 5.91 Å². The summed E-state index contributed by atoms with van der Waals surface area (Å²) in [5.41, 5.74) is 0.744. The van der Waals surface area contributed by atoms with Crippen molar-refractivity contribution in [3.63, 3.8) is 0 Å². The summed E-state index contributed by atoms with van der Waals surface area (Å²) in [6.07, 6.45) is 7.75. The molecule has 1 aromatic carbocycles. The van der Waals surface area contributed by atoms with Crippen LogP contribution in [0, 0.1) is 5.92 Å². The molecule has 1 N–H and O–H groups in total. The SMILES string of the molecule is CCC[CH2][Sn]([CH2]CCC)([CH2]CCC)[CH](NC(=O)c1ccc(OC)cc1)C(C)C. The summed E-state index contributed by atoms with van der Waals surface area (Å²) in [4.78, 5) is 13.1. The molecular weight excluding hydrogens is 453 g/mol. The third-order valence-electron chi connectivity index (χ3n) is 6.05. The average Bonchev–Trinajstić information content (AvgIpc) is 2.71. The Hall–Kier alpha value is -0.711. The predicted molar refractivity (Wildman–Crippen MR) is 124 cm³/mol. The van der Waals surface area contributed by atoms with Crippen molar-refractivity contribution in [2.45, 2.75) is 90.5 Å². The molecule has 160 valence electrons. The van der Waals surface area contributed by atoms with Gasteiger partial charge in [0.25, 0.3) is 0 Å². The van der Waals surface area contributed by atoms with Gasteiger partial charge in [-0.2, -0.15) is 0 Å². The standard InChI is InChI=1S/C12H16NO2.3C4H9.Sn/c1-9(2)8-13-12(14)10-4-6-11(15-3)7-5-10;3*1-3-4-2;/h4-9H,1-3H3,(H,13,14);3*1,3-4H2,2H3;. The third kappa shape index (κ3) is 7.61. The Balaban J connectivity index is 3.13. The zero-order chi connectivity index (χ0) is 21.0. The molecule has 0 saturated heterocycles. The Kier molecular flexibility index (Phi) is 12.2. The second-order valence-electron chi connectivity index (χ2n) is 8.60. The summed E-state index contributed by atoms with van der Waals surface area (Å²) in [7, 11) is 1.65. The van der Waals surface area contributed by atoms with Crippen molar-refractivity contribution < 1.29 is 9.53 Å². The fraction of sp³-hybridized carbons (Fsp3) is 0.708. The first-order valence-electron chi connectivity index (χ1n) is 11.4. The molecule has 1 rings (SSSR count). The maximum absolute atomic E-state index is 13.1. The van der Waals surface area contributed by atoms with Crippen LogP contribution in [0.25, 0.3) is 0 Å². The summed E-state index contributed by atoms with van der Waals surface area (Å²) in [6.45, 7) is 11.5. The Bertz CT molecular complexity index is 534. The number of benzene rings is 1. The number of hydrogen-bond acceptors (Lipinski definition) is 2. The molecule has 28 heavy (non-hydrogen) atoms. The monoisotopic (exact) mass is 497 g/mol. The van der Waals surface area contributed by atoms with E-state index >= 15 is 0 Å². The third-order valence-corrected chi connectivity index (χ3v) is 23.7. The number of ether oxygens (including phenoxy) is 1. The van der Waals surface area contributed by atoms with Crippen LogP contribution in [-0.4, -0.2) is 35.5 Å². The Labute approximate surface area is 177 Å². The predicted octanol–water partition coefficient (Wildman–Crippen LogP) is 6.84. The zero-order valence-electron chi connectivity index (χ0n) is 19.1. The van der Waals surface area contributed by atoms with Crippen molar-refractivity contribution in [3.8, 4) is 5.75 Å². The molecule has 0 spiro atoms. The van der Waals surface area contributed by atoms with Gasteiger partial charge in [0, 0.05) is 0 Å². The van der Waals surface area contributed by atoms with Crippen molar-refractivity contribution in [1.29, 1.82) is 0 Å². The van der Waals surface area contributed by atoms with Gasteiger partial charge in [0.05, 0.1) is 0 Å². The maximum atomic E-state index is 13.1. The van der Waals surface area contributed by atoms with Gasteiger partial charge in [-0.15, -0.1) is 0 Å². The molecule has 0 aromatic heterocycles. The van der Waals surface area contributed by atoms with Gasteiger partial charge in [-0.25, -0.2) is 0 Å². The average molecular weight is 496 g/mol. The molecule has 0 aliphatic rings. The van der Waals surface area contributed by atoms with Gasteiger partial charge in [0.15, 0.2) is 0 Å². The van der Waals surface area contributed by atoms with Crippen LogP contribution in [0.5, 0.6) is 5.75 Å². The first-order valence-corrected chi connectivity index (χ1v) is 19.1. The molecule has 0 radical (unpaired) electrons. The van der Waals surface area contributed by atoms with Crippen molar-refractivity contribution >= 4 is 24.3 Å². The van der Waals surface area contributed by atoms with E-state index in [0.29, 0.717) is 9.98 Å². The molecule has 1 amide bonds. The van der Waals surface area contributed by atoms with Crippen molar-refractivity contribution in [2.75, 3.05) is 7.11 Å². The first-order chi connectivity index (χ1) is 13.4. The molecule has 4 heteroatoms. The number of carbonyl (C=O) groups is 1. The summed E-state index contributed by atoms with van der Waals surface area (Å²) in [5, 5.41) is 3.55. The number of hydrogen-bond donors (Lipinski definition) is 1. The van der Waals surface area contributed by atoms with Crippen molar-refractivity contribution in [2.24, 2.45) is 5.92 Å². The summed E-state index contributed by atoms with van der Waals surface area (Å²) in [5.74, 6) is 1.38. The van der Waals surface area contributed by atoms with E-state index in [4.69, 9.17) is 4.74 Å². The van der Waals surface area contributed by atoms with E-state index in [1.807, 2.05) is 24.3 Å². The van der Waals surface area contributed by atoms with Crippen molar-refractivity contribution in [1.82, 2.24) is 5.32 Å². The van der Waals surface area contributed by atoms with E-state index in [0.717, 1.165) is 11.3 Å². The molecule has 0 aliphatic carbocycles. The van der Waals surface area contributed by atoms with E-state index in [1.165, 1.54) is 51.8 Å². The quantitative estimate of drug-likeness (QED) is 0.287. The topological polar surface area (TPSA) is 38.3 Å². The number of amides is 1. The van der Waals surface area contributed by atoms with Crippen LogP contribution in [0.4, 0.5) is 0 Å². The molecule has 0 bridgehead atoms. The van der Waals surface area contributed by atoms with Crippen LogP contribution in [0.15, 0.2) is 24.3 Å². The molecule has 1 unspecified atom stereocenters. The first kappa shape index (κ1) is 25.3. The van der Waals surface area contributed by atoms with Gasteiger partial charge >= 0.3 is 178 Å². The van der Waals surface area contributed by atoms with Gasteiger partial charge in [-0.05, 0) is 0 Å². The molecule has 1 atom stereocenters. The zero-order valence-corrected chi connectivity index (χ0v) is 22.0. The number of nitrogens with one attached hydrogen (secondary N) is 1. The van der Waals surface area contributed by atoms with E-state index < -0.39 is 18.4 Å². The van der Waals surface area contributed by atoms with Gasteiger partial charge in [-0.1, -0.05) is 0 Å². The van der Waals surface area contributed by atoms with Crippen LogP contribution in [0.3, 0.4) is 0 Å². The van der Waals surface area contributed by atoms with Crippen LogP contribution >= 0.6 is 0 Å². The van der Waals surface area contributed by atoms with Crippen LogP contribution in [-0.2, 0) is 0 Å². The normalized spacial score (nSPS) is 12.8. The number of methoxy groups -OCH3 is 1. The molecule has 0 saturated carbocycles. The van der Waals surface area contributed by atoms with Gasteiger partial charge < -0.3 is 0 Å². The number of rotatable bonds is 14. The van der Waals surface area contributed by atoms with E-state index in [9.17, 15) is 4.79 Å². The van der Waals surface area contributed by atoms with Gasteiger partial charge in [0.1, 0.15) is 0 Å². The van der Waals surface area contributed by atoms with Crippen molar-refractivity contribution in [3.05, 3.63) is 29.8 Å². The molecule has 3 nitrogen and oxygen atoms in total. The minimum atomic E-state index is -2.55. The molecule has 0 heterocycles. The second kappa shape index (κ2) is 13.5.